The second-order valence-electron chi connectivity index (χ2n) is 8.93. The number of carbonyl (C=O) groups excluding carboxylic acids is 1. The number of carbonyl (C=O) groups is 1. The summed E-state index contributed by atoms with van der Waals surface area (Å²) in [5, 5.41) is 0. The third-order valence-corrected chi connectivity index (χ3v) is 6.24. The van der Waals surface area contributed by atoms with Crippen LogP contribution in [0.4, 0.5) is 0 Å². The molecule has 2 saturated heterocycles. The summed E-state index contributed by atoms with van der Waals surface area (Å²) < 4.78 is 0. The van der Waals surface area contributed by atoms with Gasteiger partial charge in [-0.25, -0.2) is 0 Å². The van der Waals surface area contributed by atoms with Gasteiger partial charge in [0.25, 0.3) is 0 Å². The van der Waals surface area contributed by atoms with E-state index in [4.69, 9.17) is 0 Å². The van der Waals surface area contributed by atoms with E-state index in [0.29, 0.717) is 11.3 Å². The van der Waals surface area contributed by atoms with Crippen molar-refractivity contribution in [2.45, 2.75) is 79.1 Å². The van der Waals surface area contributed by atoms with Gasteiger partial charge in [0.2, 0.25) is 5.91 Å². The Kier molecular flexibility index (Phi) is 7.59. The second kappa shape index (κ2) is 9.22. The highest BCUT2D eigenvalue weighted by atomic mass is 16.2. The minimum atomic E-state index is 0.149. The Bertz CT molecular complexity index is 377. The Balaban J connectivity index is 1.58. The van der Waals surface area contributed by atoms with Gasteiger partial charge in [-0.15, -0.1) is 0 Å². The van der Waals surface area contributed by atoms with Crippen molar-refractivity contribution >= 4 is 5.91 Å². The van der Waals surface area contributed by atoms with Crippen LogP contribution in [0.3, 0.4) is 0 Å². The molecule has 0 aromatic rings. The maximum absolute atomic E-state index is 12.1. The van der Waals surface area contributed by atoms with Gasteiger partial charge >= 0.3 is 0 Å². The van der Waals surface area contributed by atoms with Gasteiger partial charge in [0.05, 0.1) is 0 Å². The van der Waals surface area contributed by atoms with Crippen LogP contribution < -0.4 is 0 Å². The van der Waals surface area contributed by atoms with Crippen molar-refractivity contribution in [2.24, 2.45) is 17.3 Å². The lowest BCUT2D eigenvalue weighted by molar-refractivity contribution is -0.139. The number of unbranched alkanes of at least 4 members (excludes halogenated alkanes) is 3. The van der Waals surface area contributed by atoms with E-state index in [1.165, 1.54) is 71.0 Å². The van der Waals surface area contributed by atoms with E-state index in [0.717, 1.165) is 19.0 Å². The van der Waals surface area contributed by atoms with Crippen LogP contribution in [0, 0.1) is 17.3 Å². The Labute approximate surface area is 150 Å². The van der Waals surface area contributed by atoms with Crippen LogP contribution in [-0.2, 0) is 4.79 Å². The molecular formula is C21H40N2O. The summed E-state index contributed by atoms with van der Waals surface area (Å²) in [4.78, 5) is 16.8. The van der Waals surface area contributed by atoms with E-state index in [9.17, 15) is 4.79 Å². The maximum atomic E-state index is 12.1. The number of hydrogen-bond acceptors (Lipinski definition) is 2. The number of likely N-dealkylation sites (tertiary alicyclic amines) is 2. The third kappa shape index (κ3) is 5.47. The Hall–Kier alpha value is -0.570. The molecule has 1 atom stereocenters. The Morgan fingerprint density at radius 2 is 1.67 bits per heavy atom. The van der Waals surface area contributed by atoms with Crippen molar-refractivity contribution in [2.75, 3.05) is 32.7 Å². The van der Waals surface area contributed by atoms with E-state index in [1.807, 2.05) is 13.8 Å². The minimum absolute atomic E-state index is 0.149. The zero-order valence-corrected chi connectivity index (χ0v) is 16.6. The molecule has 3 heteroatoms. The molecule has 1 amide bonds. The molecule has 140 valence electrons. The number of amides is 1. The first-order chi connectivity index (χ1) is 11.5. The lowest BCUT2D eigenvalue weighted by Crippen LogP contribution is -2.61. The molecule has 2 aliphatic rings. The minimum Gasteiger partial charge on any atom is -0.342 e. The first-order valence-corrected chi connectivity index (χ1v) is 10.5. The average Bonchev–Trinajstić information content (AvgIpc) is 2.54. The lowest BCUT2D eigenvalue weighted by Gasteiger charge is -2.54. The molecule has 1 unspecified atom stereocenters. The molecule has 2 heterocycles. The smallest absolute Gasteiger partial charge is 0.225 e. The molecule has 0 radical (unpaired) electrons. The average molecular weight is 337 g/mol. The van der Waals surface area contributed by atoms with E-state index in [1.54, 1.807) is 0 Å². The van der Waals surface area contributed by atoms with Gasteiger partial charge in [0.1, 0.15) is 0 Å². The molecule has 0 aromatic heterocycles. The van der Waals surface area contributed by atoms with Crippen LogP contribution in [0.5, 0.6) is 0 Å². The number of hydrogen-bond donors (Lipinski definition) is 0. The topological polar surface area (TPSA) is 23.6 Å². The van der Waals surface area contributed by atoms with E-state index < -0.39 is 0 Å². The summed E-state index contributed by atoms with van der Waals surface area (Å²) in [5.41, 5.74) is 0.540. The van der Waals surface area contributed by atoms with Crippen molar-refractivity contribution in [3.05, 3.63) is 0 Å². The van der Waals surface area contributed by atoms with Crippen LogP contribution in [0.2, 0.25) is 0 Å². The second-order valence-corrected chi connectivity index (χ2v) is 8.93. The van der Waals surface area contributed by atoms with E-state index in [2.05, 4.69) is 23.6 Å². The van der Waals surface area contributed by atoms with Crippen molar-refractivity contribution in [3.8, 4) is 0 Å². The molecule has 24 heavy (non-hydrogen) atoms. The molecule has 0 saturated carbocycles. The largest absolute Gasteiger partial charge is 0.342 e. The summed E-state index contributed by atoms with van der Waals surface area (Å²) in [6.45, 7) is 14.5. The van der Waals surface area contributed by atoms with Crippen LogP contribution in [0.1, 0.15) is 79.1 Å². The molecule has 2 aliphatic heterocycles. The molecule has 0 bridgehead atoms. The maximum Gasteiger partial charge on any atom is 0.225 e. The Morgan fingerprint density at radius 1 is 1.00 bits per heavy atom. The van der Waals surface area contributed by atoms with Gasteiger partial charge in [0, 0.05) is 32.1 Å². The highest BCUT2D eigenvalue weighted by Gasteiger charge is 2.45. The Morgan fingerprint density at radius 3 is 2.25 bits per heavy atom. The van der Waals surface area contributed by atoms with Crippen molar-refractivity contribution in [1.29, 1.82) is 0 Å². The molecule has 0 N–H and O–H groups in total. The summed E-state index contributed by atoms with van der Waals surface area (Å²) in [6, 6.07) is 0. The summed E-state index contributed by atoms with van der Waals surface area (Å²) in [5.74, 6) is 1.37. The quantitative estimate of drug-likeness (QED) is 0.576. The molecular weight excluding hydrogens is 296 g/mol. The van der Waals surface area contributed by atoms with Crippen molar-refractivity contribution < 1.29 is 4.79 Å². The molecule has 3 nitrogen and oxygen atoms in total. The number of piperidine rings is 1. The molecule has 2 fully saturated rings. The molecule has 2 rings (SSSR count). The van der Waals surface area contributed by atoms with Crippen LogP contribution in [-0.4, -0.2) is 48.4 Å². The van der Waals surface area contributed by atoms with Crippen LogP contribution >= 0.6 is 0 Å². The van der Waals surface area contributed by atoms with Crippen molar-refractivity contribution in [1.82, 2.24) is 9.80 Å². The predicted octanol–water partition coefficient (Wildman–Crippen LogP) is 4.56. The van der Waals surface area contributed by atoms with Gasteiger partial charge < -0.3 is 9.80 Å². The summed E-state index contributed by atoms with van der Waals surface area (Å²) >= 11 is 0. The molecule has 0 aliphatic carbocycles. The van der Waals surface area contributed by atoms with Crippen LogP contribution in [0.15, 0.2) is 0 Å². The zero-order chi connectivity index (χ0) is 17.6. The van der Waals surface area contributed by atoms with Crippen molar-refractivity contribution in [3.63, 3.8) is 0 Å². The zero-order valence-electron chi connectivity index (χ0n) is 16.6. The number of rotatable bonds is 9. The van der Waals surface area contributed by atoms with E-state index in [-0.39, 0.29) is 5.92 Å². The highest BCUT2D eigenvalue weighted by molar-refractivity contribution is 5.78. The standard InChI is InChI=1S/C21H40N2O/c1-5-6-7-8-9-19(4)10-13-22-16-21(17-22)11-14-23(15-12-21)20(24)18(2)3/h18-19H,5-17H2,1-4H3. The monoisotopic (exact) mass is 336 g/mol. The first kappa shape index (κ1) is 19.8. The lowest BCUT2D eigenvalue weighted by atomic mass is 9.71. The van der Waals surface area contributed by atoms with E-state index >= 15 is 0 Å². The van der Waals surface area contributed by atoms with Gasteiger partial charge in [-0.1, -0.05) is 59.8 Å². The summed E-state index contributed by atoms with van der Waals surface area (Å²) in [7, 11) is 0. The highest BCUT2D eigenvalue weighted by Crippen LogP contribution is 2.40. The van der Waals surface area contributed by atoms with Gasteiger partial charge in [-0.05, 0) is 37.1 Å². The summed E-state index contributed by atoms with van der Waals surface area (Å²) in [6.07, 6.45) is 10.8. The fourth-order valence-electron chi connectivity index (χ4n) is 4.41. The molecule has 0 aromatic carbocycles. The molecule has 1 spiro atoms. The fourth-order valence-corrected chi connectivity index (χ4v) is 4.41. The third-order valence-electron chi connectivity index (χ3n) is 6.24. The SMILES string of the molecule is CCCCCCC(C)CCN1CC2(CCN(C(=O)C(C)C)CC2)C1. The normalized spacial score (nSPS) is 22.0. The van der Waals surface area contributed by atoms with Gasteiger partial charge in [0.15, 0.2) is 0 Å². The van der Waals surface area contributed by atoms with Gasteiger partial charge in [-0.3, -0.25) is 4.79 Å². The van der Waals surface area contributed by atoms with Gasteiger partial charge in [-0.2, -0.15) is 0 Å². The first-order valence-electron chi connectivity index (χ1n) is 10.5. The fraction of sp³-hybridized carbons (Fsp3) is 0.952. The number of nitrogens with zero attached hydrogens (tertiary/aromatic N) is 2. The van der Waals surface area contributed by atoms with Crippen LogP contribution in [0.25, 0.3) is 0 Å². The predicted molar refractivity (Wildman–Crippen MR) is 102 cm³/mol.